The van der Waals surface area contributed by atoms with Gasteiger partial charge < -0.3 is 14.2 Å². The summed E-state index contributed by atoms with van der Waals surface area (Å²) in [6.07, 6.45) is 1.87. The number of benzene rings is 1. The van der Waals surface area contributed by atoms with Gasteiger partial charge in [0, 0.05) is 13.7 Å². The molecule has 1 aromatic carbocycles. The van der Waals surface area contributed by atoms with E-state index in [0.717, 1.165) is 36.5 Å². The minimum Gasteiger partial charge on any atom is -0.493 e. The number of methoxy groups -OCH3 is 3. The van der Waals surface area contributed by atoms with E-state index in [0.29, 0.717) is 0 Å². The zero-order valence-electron chi connectivity index (χ0n) is 9.50. The first-order chi connectivity index (χ1) is 7.33. The van der Waals surface area contributed by atoms with Crippen LogP contribution in [0.3, 0.4) is 0 Å². The molecule has 0 heterocycles. The lowest BCUT2D eigenvalue weighted by Crippen LogP contribution is -1.98. The maximum atomic E-state index is 5.31. The summed E-state index contributed by atoms with van der Waals surface area (Å²) in [5.74, 6) is 1.53. The second-order valence-electron chi connectivity index (χ2n) is 3.18. The summed E-state index contributed by atoms with van der Waals surface area (Å²) in [4.78, 5) is 0. The average Bonchev–Trinajstić information content (AvgIpc) is 2.29. The van der Waals surface area contributed by atoms with Crippen molar-refractivity contribution in [2.24, 2.45) is 0 Å². The molecule has 0 saturated carbocycles. The van der Waals surface area contributed by atoms with Gasteiger partial charge >= 0.3 is 0 Å². The first kappa shape index (κ1) is 11.9. The Bertz CT molecular complexity index is 297. The highest BCUT2D eigenvalue weighted by Crippen LogP contribution is 2.30. The van der Waals surface area contributed by atoms with Crippen LogP contribution < -0.4 is 9.47 Å². The van der Waals surface area contributed by atoms with E-state index in [-0.39, 0.29) is 0 Å². The Kier molecular flexibility index (Phi) is 4.98. The Morgan fingerprint density at radius 1 is 1.13 bits per heavy atom. The highest BCUT2D eigenvalue weighted by atomic mass is 16.5. The van der Waals surface area contributed by atoms with Crippen LogP contribution in [0.1, 0.15) is 12.0 Å². The van der Waals surface area contributed by atoms with Crippen LogP contribution in [-0.2, 0) is 11.2 Å². The highest BCUT2D eigenvalue weighted by Gasteiger charge is 2.08. The molecule has 0 aliphatic rings. The minimum absolute atomic E-state index is 0.729. The lowest BCUT2D eigenvalue weighted by atomic mass is 10.1. The summed E-state index contributed by atoms with van der Waals surface area (Å²) >= 11 is 0. The minimum atomic E-state index is 0.729. The van der Waals surface area contributed by atoms with Gasteiger partial charge in [-0.3, -0.25) is 0 Å². The molecular weight excluding hydrogens is 192 g/mol. The van der Waals surface area contributed by atoms with E-state index < -0.39 is 0 Å². The third kappa shape index (κ3) is 3.13. The molecule has 15 heavy (non-hydrogen) atoms. The quantitative estimate of drug-likeness (QED) is 0.671. The molecule has 0 fully saturated rings. The first-order valence-corrected chi connectivity index (χ1v) is 4.93. The van der Waals surface area contributed by atoms with Gasteiger partial charge in [0.05, 0.1) is 14.2 Å². The van der Waals surface area contributed by atoms with E-state index in [1.807, 2.05) is 6.07 Å². The van der Waals surface area contributed by atoms with E-state index in [9.17, 15) is 0 Å². The fourth-order valence-electron chi connectivity index (χ4n) is 1.48. The van der Waals surface area contributed by atoms with Gasteiger partial charge in [0.2, 0.25) is 0 Å². The van der Waals surface area contributed by atoms with Gasteiger partial charge in [-0.2, -0.15) is 0 Å². The standard InChI is InChI=1S/C12H17O3/c1-13-9-5-7-10-6-4-8-11(14-2)12(10)15-3/h6,8H,5,7,9H2,1-3H3. The van der Waals surface area contributed by atoms with Gasteiger partial charge in [-0.05, 0) is 36.6 Å². The number of hydrogen-bond acceptors (Lipinski definition) is 3. The third-order valence-corrected chi connectivity index (χ3v) is 2.21. The predicted molar refractivity (Wildman–Crippen MR) is 58.6 cm³/mol. The molecule has 0 atom stereocenters. The first-order valence-electron chi connectivity index (χ1n) is 4.93. The maximum Gasteiger partial charge on any atom is 0.163 e. The second-order valence-corrected chi connectivity index (χ2v) is 3.18. The molecule has 83 valence electrons. The van der Waals surface area contributed by atoms with Gasteiger partial charge in [-0.25, -0.2) is 0 Å². The topological polar surface area (TPSA) is 27.7 Å². The number of hydrogen-bond donors (Lipinski definition) is 0. The fraction of sp³-hybridized carbons (Fsp3) is 0.500. The van der Waals surface area contributed by atoms with Crippen LogP contribution in [0.2, 0.25) is 0 Å². The van der Waals surface area contributed by atoms with E-state index in [2.05, 4.69) is 6.07 Å². The maximum absolute atomic E-state index is 5.31. The summed E-state index contributed by atoms with van der Waals surface area (Å²) < 4.78 is 15.5. The number of rotatable bonds is 6. The smallest absolute Gasteiger partial charge is 0.163 e. The summed E-state index contributed by atoms with van der Waals surface area (Å²) in [6.45, 7) is 0.750. The van der Waals surface area contributed by atoms with Crippen molar-refractivity contribution < 1.29 is 14.2 Å². The van der Waals surface area contributed by atoms with Crippen LogP contribution in [0.25, 0.3) is 0 Å². The van der Waals surface area contributed by atoms with E-state index in [1.165, 1.54) is 0 Å². The Morgan fingerprint density at radius 2 is 1.93 bits per heavy atom. The Morgan fingerprint density at radius 3 is 2.53 bits per heavy atom. The molecule has 1 rings (SSSR count). The van der Waals surface area contributed by atoms with Gasteiger partial charge in [-0.1, -0.05) is 0 Å². The lowest BCUT2D eigenvalue weighted by molar-refractivity contribution is 0.195. The van der Waals surface area contributed by atoms with Crippen LogP contribution >= 0.6 is 0 Å². The monoisotopic (exact) mass is 209 g/mol. The van der Waals surface area contributed by atoms with Gasteiger partial charge in [0.15, 0.2) is 11.5 Å². The summed E-state index contributed by atoms with van der Waals surface area (Å²) in [6, 6.07) is 6.74. The van der Waals surface area contributed by atoms with Crippen molar-refractivity contribution in [3.05, 3.63) is 23.8 Å². The van der Waals surface area contributed by atoms with Crippen LogP contribution in [-0.4, -0.2) is 27.9 Å². The van der Waals surface area contributed by atoms with Crippen molar-refractivity contribution in [3.63, 3.8) is 0 Å². The molecule has 0 N–H and O–H groups in total. The zero-order valence-corrected chi connectivity index (χ0v) is 9.50. The normalized spacial score (nSPS) is 10.1. The van der Waals surface area contributed by atoms with Crippen molar-refractivity contribution in [2.75, 3.05) is 27.9 Å². The Balaban J connectivity index is 2.76. The van der Waals surface area contributed by atoms with Crippen LogP contribution in [0.4, 0.5) is 0 Å². The van der Waals surface area contributed by atoms with Crippen molar-refractivity contribution in [1.82, 2.24) is 0 Å². The molecule has 1 aromatic rings. The van der Waals surface area contributed by atoms with Crippen LogP contribution in [0.15, 0.2) is 12.1 Å². The molecule has 0 bridgehead atoms. The lowest BCUT2D eigenvalue weighted by Gasteiger charge is -2.11. The van der Waals surface area contributed by atoms with Gasteiger partial charge in [-0.15, -0.1) is 0 Å². The fourth-order valence-corrected chi connectivity index (χ4v) is 1.48. The molecule has 0 unspecified atom stereocenters. The molecular formula is C12H17O3. The van der Waals surface area contributed by atoms with Crippen molar-refractivity contribution in [3.8, 4) is 11.5 Å². The Labute approximate surface area is 91.0 Å². The SMILES string of the molecule is COCCCc1c[c]cc(OC)c1OC. The van der Waals surface area contributed by atoms with Crippen LogP contribution in [0.5, 0.6) is 11.5 Å². The summed E-state index contributed by atoms with van der Waals surface area (Å²) in [5, 5.41) is 0. The van der Waals surface area contributed by atoms with E-state index in [1.54, 1.807) is 27.4 Å². The summed E-state index contributed by atoms with van der Waals surface area (Å²) in [7, 11) is 4.98. The van der Waals surface area contributed by atoms with Crippen molar-refractivity contribution >= 4 is 0 Å². The van der Waals surface area contributed by atoms with Crippen molar-refractivity contribution in [1.29, 1.82) is 0 Å². The molecule has 3 heteroatoms. The highest BCUT2D eigenvalue weighted by molar-refractivity contribution is 5.46. The molecule has 3 nitrogen and oxygen atoms in total. The third-order valence-electron chi connectivity index (χ3n) is 2.21. The predicted octanol–water partition coefficient (Wildman–Crippen LogP) is 2.08. The number of ether oxygens (including phenoxy) is 3. The van der Waals surface area contributed by atoms with E-state index in [4.69, 9.17) is 14.2 Å². The summed E-state index contributed by atoms with van der Waals surface area (Å²) in [5.41, 5.74) is 1.11. The van der Waals surface area contributed by atoms with Gasteiger partial charge in [0.1, 0.15) is 0 Å². The number of aryl methyl sites for hydroxylation is 1. The van der Waals surface area contributed by atoms with Crippen LogP contribution in [0, 0.1) is 6.07 Å². The largest absolute Gasteiger partial charge is 0.493 e. The zero-order chi connectivity index (χ0) is 11.1. The Hall–Kier alpha value is -1.22. The molecule has 0 aliphatic carbocycles. The van der Waals surface area contributed by atoms with E-state index >= 15 is 0 Å². The molecule has 0 aromatic heterocycles. The molecule has 0 aliphatic heterocycles. The average molecular weight is 209 g/mol. The second kappa shape index (κ2) is 6.30. The molecule has 1 radical (unpaired) electrons. The molecule has 0 spiro atoms. The molecule has 0 amide bonds. The van der Waals surface area contributed by atoms with Crippen molar-refractivity contribution in [2.45, 2.75) is 12.8 Å². The molecule has 0 saturated heterocycles. The van der Waals surface area contributed by atoms with Gasteiger partial charge in [0.25, 0.3) is 0 Å².